The van der Waals surface area contributed by atoms with Gasteiger partial charge in [0.15, 0.2) is 0 Å². The van der Waals surface area contributed by atoms with Crippen molar-refractivity contribution < 1.29 is 4.39 Å². The van der Waals surface area contributed by atoms with Crippen molar-refractivity contribution in [3.05, 3.63) is 45.2 Å². The Bertz CT molecular complexity index is 589. The highest BCUT2D eigenvalue weighted by Gasteiger charge is 1.98. The van der Waals surface area contributed by atoms with E-state index in [2.05, 4.69) is 31.2 Å². The first kappa shape index (κ1) is 11.2. The Hall–Kier alpha value is -1.34. The van der Waals surface area contributed by atoms with Crippen LogP contribution in [0, 0.1) is 10.6 Å². The molecule has 0 aliphatic rings. The van der Waals surface area contributed by atoms with Gasteiger partial charge in [0.05, 0.1) is 10.7 Å². The van der Waals surface area contributed by atoms with E-state index in [0.29, 0.717) is 9.24 Å². The van der Waals surface area contributed by atoms with Gasteiger partial charge in [-0.2, -0.15) is 14.9 Å². The Kier molecular flexibility index (Phi) is 3.25. The molecule has 0 bridgehead atoms. The number of nitrogens with one attached hydrogen (secondary N) is 1. The van der Waals surface area contributed by atoms with Crippen molar-refractivity contribution in [3.63, 3.8) is 0 Å². The van der Waals surface area contributed by atoms with Gasteiger partial charge >= 0.3 is 0 Å². The van der Waals surface area contributed by atoms with Crippen molar-refractivity contribution in [1.82, 2.24) is 14.9 Å². The number of hydrogen-bond donors (Lipinski definition) is 1. The monoisotopic (exact) mass is 300 g/mol. The molecule has 2 rings (SSSR count). The van der Waals surface area contributed by atoms with E-state index in [1.165, 1.54) is 17.1 Å². The molecule has 4 nitrogen and oxygen atoms in total. The van der Waals surface area contributed by atoms with E-state index >= 15 is 0 Å². The molecule has 7 heteroatoms. The summed E-state index contributed by atoms with van der Waals surface area (Å²) in [6, 6.07) is 4.61. The average Bonchev–Trinajstić information content (AvgIpc) is 2.66. The molecular formula is C9H6BrFN4S. The van der Waals surface area contributed by atoms with Crippen LogP contribution in [-0.2, 0) is 0 Å². The molecule has 0 saturated heterocycles. The van der Waals surface area contributed by atoms with Crippen LogP contribution >= 0.6 is 28.1 Å². The molecule has 1 heterocycles. The summed E-state index contributed by atoms with van der Waals surface area (Å²) in [5, 5.41) is 10.3. The number of halogens is 2. The van der Waals surface area contributed by atoms with Crippen LogP contribution in [0.5, 0.6) is 0 Å². The van der Waals surface area contributed by atoms with Crippen LogP contribution in [0.2, 0.25) is 0 Å². The minimum atomic E-state index is -0.308. The van der Waals surface area contributed by atoms with Crippen molar-refractivity contribution >= 4 is 34.4 Å². The maximum Gasteiger partial charge on any atom is 0.216 e. The van der Waals surface area contributed by atoms with E-state index in [1.54, 1.807) is 18.3 Å². The summed E-state index contributed by atoms with van der Waals surface area (Å²) in [4.78, 5) is 0. The van der Waals surface area contributed by atoms with Gasteiger partial charge in [0.1, 0.15) is 12.1 Å². The normalized spacial score (nSPS) is 11.1. The highest BCUT2D eigenvalue weighted by molar-refractivity contribution is 9.10. The SMILES string of the molecule is Fc1ccc(/C=N\n2cn[nH]c2=S)cc1Br. The molecule has 0 radical (unpaired) electrons. The van der Waals surface area contributed by atoms with Crippen molar-refractivity contribution in [2.45, 2.75) is 0 Å². The summed E-state index contributed by atoms with van der Waals surface area (Å²) in [6.07, 6.45) is 3.02. The largest absolute Gasteiger partial charge is 0.250 e. The van der Waals surface area contributed by atoms with Crippen LogP contribution in [0.25, 0.3) is 0 Å². The second-order valence-corrected chi connectivity index (χ2v) is 4.17. The summed E-state index contributed by atoms with van der Waals surface area (Å²) in [5.74, 6) is -0.308. The van der Waals surface area contributed by atoms with E-state index in [4.69, 9.17) is 12.2 Å². The molecule has 82 valence electrons. The van der Waals surface area contributed by atoms with Crippen LogP contribution in [0.4, 0.5) is 4.39 Å². The molecule has 2 aromatic rings. The maximum atomic E-state index is 12.9. The first-order valence-corrected chi connectivity index (χ1v) is 5.48. The topological polar surface area (TPSA) is 46.0 Å². The van der Waals surface area contributed by atoms with E-state index in [-0.39, 0.29) is 5.82 Å². The predicted molar refractivity (Wildman–Crippen MR) is 64.5 cm³/mol. The predicted octanol–water partition coefficient (Wildman–Crippen LogP) is 2.72. The lowest BCUT2D eigenvalue weighted by Gasteiger charge is -1.96. The number of H-pyrrole nitrogens is 1. The molecule has 1 aromatic heterocycles. The van der Waals surface area contributed by atoms with Crippen LogP contribution in [0.3, 0.4) is 0 Å². The standard InChI is InChI=1S/C9H6BrFN4S/c10-7-3-6(1-2-8(7)11)4-13-15-5-12-14-9(15)16/h1-5H,(H,14,16)/b13-4-. The van der Waals surface area contributed by atoms with Crippen molar-refractivity contribution in [1.29, 1.82) is 0 Å². The number of nitrogens with zero attached hydrogens (tertiary/aromatic N) is 3. The van der Waals surface area contributed by atoms with Crippen LogP contribution < -0.4 is 0 Å². The van der Waals surface area contributed by atoms with Gasteiger partial charge in [-0.25, -0.2) is 4.39 Å². The van der Waals surface area contributed by atoms with Gasteiger partial charge in [0.25, 0.3) is 0 Å². The van der Waals surface area contributed by atoms with E-state index in [9.17, 15) is 4.39 Å². The first-order chi connectivity index (χ1) is 7.66. The summed E-state index contributed by atoms with van der Waals surface area (Å²) in [7, 11) is 0. The third-order valence-corrected chi connectivity index (χ3v) is 2.70. The second-order valence-electron chi connectivity index (χ2n) is 2.92. The highest BCUT2D eigenvalue weighted by Crippen LogP contribution is 2.15. The van der Waals surface area contributed by atoms with Crippen LogP contribution in [0.15, 0.2) is 34.1 Å². The smallest absolute Gasteiger partial charge is 0.216 e. The number of aromatic nitrogens is 3. The minimum absolute atomic E-state index is 0.308. The van der Waals surface area contributed by atoms with Gasteiger partial charge in [-0.05, 0) is 45.8 Å². The van der Waals surface area contributed by atoms with Gasteiger partial charge in [-0.3, -0.25) is 5.10 Å². The Morgan fingerprint density at radius 2 is 2.38 bits per heavy atom. The molecule has 0 amide bonds. The Morgan fingerprint density at radius 3 is 3.00 bits per heavy atom. The molecule has 0 fully saturated rings. The lowest BCUT2D eigenvalue weighted by atomic mass is 10.2. The molecule has 1 aromatic carbocycles. The Morgan fingerprint density at radius 1 is 1.56 bits per heavy atom. The number of hydrogen-bond acceptors (Lipinski definition) is 3. The molecular weight excluding hydrogens is 295 g/mol. The van der Waals surface area contributed by atoms with Crippen LogP contribution in [-0.4, -0.2) is 21.1 Å². The molecule has 0 aliphatic carbocycles. The third-order valence-electron chi connectivity index (χ3n) is 1.81. The lowest BCUT2D eigenvalue weighted by Crippen LogP contribution is -1.90. The molecule has 0 unspecified atom stereocenters. The van der Waals surface area contributed by atoms with Gasteiger partial charge in [0, 0.05) is 0 Å². The molecule has 16 heavy (non-hydrogen) atoms. The minimum Gasteiger partial charge on any atom is -0.250 e. The van der Waals surface area contributed by atoms with Gasteiger partial charge in [0.2, 0.25) is 4.77 Å². The van der Waals surface area contributed by atoms with E-state index in [1.807, 2.05) is 0 Å². The van der Waals surface area contributed by atoms with Crippen molar-refractivity contribution in [2.24, 2.45) is 5.10 Å². The number of benzene rings is 1. The molecule has 0 atom stereocenters. The van der Waals surface area contributed by atoms with Gasteiger partial charge in [-0.1, -0.05) is 6.07 Å². The zero-order chi connectivity index (χ0) is 11.5. The molecule has 0 aliphatic heterocycles. The zero-order valence-corrected chi connectivity index (χ0v) is 10.3. The van der Waals surface area contributed by atoms with Crippen molar-refractivity contribution in [2.75, 3.05) is 0 Å². The summed E-state index contributed by atoms with van der Waals surface area (Å²) < 4.78 is 15.2. The van der Waals surface area contributed by atoms with E-state index in [0.717, 1.165) is 5.56 Å². The summed E-state index contributed by atoms with van der Waals surface area (Å²) >= 11 is 8.01. The van der Waals surface area contributed by atoms with Crippen LogP contribution in [0.1, 0.15) is 5.56 Å². The summed E-state index contributed by atoms with van der Waals surface area (Å²) in [6.45, 7) is 0. The van der Waals surface area contributed by atoms with E-state index < -0.39 is 0 Å². The molecule has 1 N–H and O–H groups in total. The molecule has 0 spiro atoms. The fourth-order valence-electron chi connectivity index (χ4n) is 1.05. The Balaban J connectivity index is 2.27. The van der Waals surface area contributed by atoms with Gasteiger partial charge < -0.3 is 0 Å². The number of rotatable bonds is 2. The Labute approximate surface area is 104 Å². The quantitative estimate of drug-likeness (QED) is 0.685. The molecule has 0 saturated carbocycles. The third kappa shape index (κ3) is 2.42. The fraction of sp³-hybridized carbons (Fsp3) is 0. The second kappa shape index (κ2) is 4.67. The first-order valence-electron chi connectivity index (χ1n) is 4.28. The van der Waals surface area contributed by atoms with Crippen molar-refractivity contribution in [3.8, 4) is 0 Å². The fourth-order valence-corrected chi connectivity index (χ4v) is 1.59. The lowest BCUT2D eigenvalue weighted by molar-refractivity contribution is 0.621. The maximum absolute atomic E-state index is 12.9. The highest BCUT2D eigenvalue weighted by atomic mass is 79.9. The van der Waals surface area contributed by atoms with Gasteiger partial charge in [-0.15, -0.1) is 0 Å². The number of aromatic amines is 1. The zero-order valence-electron chi connectivity index (χ0n) is 7.89. The average molecular weight is 301 g/mol. The summed E-state index contributed by atoms with van der Waals surface area (Å²) in [5.41, 5.74) is 0.761.